The van der Waals surface area contributed by atoms with Crippen LogP contribution in [0.5, 0.6) is 0 Å². The van der Waals surface area contributed by atoms with E-state index in [1.54, 1.807) is 0 Å². The van der Waals surface area contributed by atoms with Gasteiger partial charge < -0.3 is 0 Å². The van der Waals surface area contributed by atoms with Gasteiger partial charge in [0.25, 0.3) is 0 Å². The Labute approximate surface area is 352 Å². The van der Waals surface area contributed by atoms with Crippen molar-refractivity contribution in [3.05, 3.63) is 253 Å². The summed E-state index contributed by atoms with van der Waals surface area (Å²) in [6, 6.07) is 58.0. The van der Waals surface area contributed by atoms with E-state index < -0.39 is 0 Å². The molecule has 0 amide bonds. The maximum absolute atomic E-state index is 4.51. The lowest BCUT2D eigenvalue weighted by molar-refractivity contribution is 0.943. The van der Waals surface area contributed by atoms with Crippen molar-refractivity contribution in [2.24, 2.45) is 0 Å². The van der Waals surface area contributed by atoms with Gasteiger partial charge >= 0.3 is 0 Å². The van der Waals surface area contributed by atoms with Crippen molar-refractivity contribution in [1.82, 2.24) is 0 Å². The third-order valence-electron chi connectivity index (χ3n) is 9.71. The van der Waals surface area contributed by atoms with E-state index in [-0.39, 0.29) is 5.92 Å². The molecule has 0 radical (unpaired) electrons. The summed E-state index contributed by atoms with van der Waals surface area (Å²) in [5.74, 6) is 0.680. The predicted molar refractivity (Wildman–Crippen MR) is 260 cm³/mol. The molecule has 0 spiro atoms. The molecule has 0 saturated carbocycles. The molecule has 6 aromatic carbocycles. The van der Waals surface area contributed by atoms with Crippen LogP contribution in [0.3, 0.4) is 0 Å². The van der Waals surface area contributed by atoms with Crippen molar-refractivity contribution in [3.8, 4) is 22.3 Å². The fraction of sp³-hybridized carbons (Fsp3) is 0.172. The minimum atomic E-state index is 0.207. The normalized spacial score (nSPS) is 12.3. The Hall–Kier alpha value is -6.24. The Kier molecular flexibility index (Phi) is 20.5. The number of rotatable bonds is 12. The van der Waals surface area contributed by atoms with Crippen LogP contribution in [0.15, 0.2) is 226 Å². The molecule has 296 valence electrons. The summed E-state index contributed by atoms with van der Waals surface area (Å²) in [7, 11) is 0. The number of aryl methyl sites for hydroxylation is 1. The molecule has 0 heteroatoms. The summed E-state index contributed by atoms with van der Waals surface area (Å²) in [6.45, 7) is 25.5. The monoisotopic (exact) mass is 761 g/mol. The minimum absolute atomic E-state index is 0.207. The second-order valence-corrected chi connectivity index (χ2v) is 13.8. The first-order chi connectivity index (χ1) is 28.4. The van der Waals surface area contributed by atoms with Gasteiger partial charge in [0.1, 0.15) is 0 Å². The molecular formula is C58H64. The largest absolute Gasteiger partial charge is 0.106 e. The topological polar surface area (TPSA) is 0 Å². The Morgan fingerprint density at radius 2 is 1.03 bits per heavy atom. The van der Waals surface area contributed by atoms with Crippen molar-refractivity contribution >= 4 is 11.1 Å². The molecule has 0 bridgehead atoms. The van der Waals surface area contributed by atoms with E-state index in [0.717, 1.165) is 17.6 Å². The molecule has 0 fully saturated rings. The van der Waals surface area contributed by atoms with Crippen molar-refractivity contribution in [2.45, 2.75) is 66.7 Å². The van der Waals surface area contributed by atoms with E-state index in [4.69, 9.17) is 0 Å². The van der Waals surface area contributed by atoms with E-state index in [2.05, 4.69) is 236 Å². The lowest BCUT2D eigenvalue weighted by Crippen LogP contribution is -1.97. The summed E-state index contributed by atoms with van der Waals surface area (Å²) >= 11 is 0. The highest BCUT2D eigenvalue weighted by Crippen LogP contribution is 2.37. The van der Waals surface area contributed by atoms with Crippen LogP contribution < -0.4 is 0 Å². The van der Waals surface area contributed by atoms with Crippen molar-refractivity contribution in [3.63, 3.8) is 0 Å². The van der Waals surface area contributed by atoms with Crippen LogP contribution in [0.2, 0.25) is 0 Å². The van der Waals surface area contributed by atoms with Crippen LogP contribution in [0.4, 0.5) is 0 Å². The summed E-state index contributed by atoms with van der Waals surface area (Å²) in [6.07, 6.45) is 14.2. The average Bonchev–Trinajstić information content (AvgIpc) is 3.30. The first-order valence-electron chi connectivity index (χ1n) is 20.7. The molecule has 58 heavy (non-hydrogen) atoms. The maximum Gasteiger partial charge on any atom is -0.0000700 e. The highest BCUT2D eigenvalue weighted by molar-refractivity contribution is 6.04. The Balaban J connectivity index is 0.000000360. The Morgan fingerprint density at radius 1 is 0.552 bits per heavy atom. The Bertz CT molecular complexity index is 2200. The lowest BCUT2D eigenvalue weighted by atomic mass is 9.87. The zero-order valence-electron chi connectivity index (χ0n) is 36.0. The van der Waals surface area contributed by atoms with Gasteiger partial charge in [-0.05, 0) is 87.8 Å². The third-order valence-corrected chi connectivity index (χ3v) is 9.71. The fourth-order valence-electron chi connectivity index (χ4n) is 6.72. The zero-order chi connectivity index (χ0) is 42.1. The molecule has 0 nitrogen and oxygen atoms in total. The van der Waals surface area contributed by atoms with Crippen LogP contribution in [-0.2, 0) is 0 Å². The van der Waals surface area contributed by atoms with Gasteiger partial charge in [-0.1, -0.05) is 253 Å². The van der Waals surface area contributed by atoms with Crippen molar-refractivity contribution in [1.29, 1.82) is 0 Å². The van der Waals surface area contributed by atoms with Gasteiger partial charge in [-0.3, -0.25) is 0 Å². The molecule has 0 aliphatic carbocycles. The van der Waals surface area contributed by atoms with E-state index in [0.29, 0.717) is 5.92 Å². The SMILES string of the molecule is C=C.C=C(/C(=C\C(C)c1cc(C)cc(-c2ccccc2-c2ccccc2)c1)c1ccccc1)c1ccccc1.CC.C\C=C/C=C\C(=C\C(C)c1ccccc1)CC. The highest BCUT2D eigenvalue weighted by atomic mass is 14.2. The molecular weight excluding hydrogens is 697 g/mol. The van der Waals surface area contributed by atoms with E-state index >= 15 is 0 Å². The molecule has 0 N–H and O–H groups in total. The summed E-state index contributed by atoms with van der Waals surface area (Å²) in [5.41, 5.74) is 14.9. The first-order valence-corrected chi connectivity index (χ1v) is 20.7. The molecule has 2 atom stereocenters. The molecule has 0 heterocycles. The molecule has 0 aliphatic heterocycles. The van der Waals surface area contributed by atoms with Crippen molar-refractivity contribution in [2.75, 3.05) is 0 Å². The highest BCUT2D eigenvalue weighted by Gasteiger charge is 2.14. The van der Waals surface area contributed by atoms with E-state index in [1.165, 1.54) is 55.7 Å². The summed E-state index contributed by atoms with van der Waals surface area (Å²) < 4.78 is 0. The quantitative estimate of drug-likeness (QED) is 0.0861. The maximum atomic E-state index is 4.51. The van der Waals surface area contributed by atoms with Crippen LogP contribution in [0, 0.1) is 6.92 Å². The molecule has 0 aliphatic rings. The van der Waals surface area contributed by atoms with Crippen LogP contribution in [0.1, 0.15) is 87.6 Å². The molecule has 0 saturated heterocycles. The second-order valence-electron chi connectivity index (χ2n) is 13.8. The van der Waals surface area contributed by atoms with Crippen LogP contribution in [0.25, 0.3) is 33.4 Å². The number of hydrogen-bond acceptors (Lipinski definition) is 0. The predicted octanol–water partition coefficient (Wildman–Crippen LogP) is 17.3. The number of allylic oxidation sites excluding steroid dienone is 9. The van der Waals surface area contributed by atoms with Gasteiger partial charge in [0.15, 0.2) is 0 Å². The van der Waals surface area contributed by atoms with Crippen molar-refractivity contribution < 1.29 is 0 Å². The average molecular weight is 761 g/mol. The smallest absolute Gasteiger partial charge is 0.0000700 e. The van der Waals surface area contributed by atoms with Gasteiger partial charge in [0.2, 0.25) is 0 Å². The lowest BCUT2D eigenvalue weighted by Gasteiger charge is -2.18. The van der Waals surface area contributed by atoms with Gasteiger partial charge in [0, 0.05) is 0 Å². The number of hydrogen-bond donors (Lipinski definition) is 0. The molecule has 0 aromatic heterocycles. The van der Waals surface area contributed by atoms with Gasteiger partial charge in [-0.2, -0.15) is 0 Å². The van der Waals surface area contributed by atoms with E-state index in [1.807, 2.05) is 32.9 Å². The number of benzene rings is 6. The first kappa shape index (κ1) is 46.1. The van der Waals surface area contributed by atoms with Gasteiger partial charge in [-0.25, -0.2) is 0 Å². The molecule has 6 aromatic rings. The van der Waals surface area contributed by atoms with Crippen LogP contribution >= 0.6 is 0 Å². The standard InChI is InChI=1S/C37H32.C17H22.C2H6.C2H4/c1-27-23-33(26-34(24-27)36-22-14-13-21-35(36)31-17-9-5-10-18-31)28(2)25-37(32-19-11-6-12-20-32)29(3)30-15-7-4-8-16-30;1-4-6-8-11-16(5-2)14-15(3)17-12-9-7-10-13-17;2*1-2/h4-26,28H,3H2,1-2H3;4,6-15H,5H2,1-3H3;1-2H3;1-2H2/b37-25+;6-4-,11-8-,16-14+;;. The Morgan fingerprint density at radius 3 is 1.59 bits per heavy atom. The molecule has 6 rings (SSSR count). The van der Waals surface area contributed by atoms with Gasteiger partial charge in [-0.15, -0.1) is 13.2 Å². The summed E-state index contributed by atoms with van der Waals surface area (Å²) in [5, 5.41) is 0. The van der Waals surface area contributed by atoms with Crippen LogP contribution in [-0.4, -0.2) is 0 Å². The van der Waals surface area contributed by atoms with E-state index in [9.17, 15) is 0 Å². The minimum Gasteiger partial charge on any atom is -0.106 e. The fourth-order valence-corrected chi connectivity index (χ4v) is 6.72. The van der Waals surface area contributed by atoms with Gasteiger partial charge in [0.05, 0.1) is 0 Å². The second kappa shape index (κ2) is 25.8. The zero-order valence-corrected chi connectivity index (χ0v) is 36.0. The molecule has 2 unspecified atom stereocenters. The third kappa shape index (κ3) is 14.1. The summed E-state index contributed by atoms with van der Waals surface area (Å²) in [4.78, 5) is 0.